The molecule has 168 valence electrons. The van der Waals surface area contributed by atoms with Gasteiger partial charge in [0.25, 0.3) is 17.4 Å². The Morgan fingerprint density at radius 3 is 2.32 bits per heavy atom. The van der Waals surface area contributed by atoms with Crippen LogP contribution in [0.4, 0.5) is 0 Å². The smallest absolute Gasteiger partial charge is 0.267 e. The summed E-state index contributed by atoms with van der Waals surface area (Å²) >= 11 is 0. The van der Waals surface area contributed by atoms with Crippen molar-refractivity contribution in [2.24, 2.45) is 0 Å². The number of nitrogens with zero attached hydrogens (tertiary/aromatic N) is 3. The van der Waals surface area contributed by atoms with Crippen LogP contribution >= 0.6 is 0 Å². The maximum absolute atomic E-state index is 13.1. The summed E-state index contributed by atoms with van der Waals surface area (Å²) in [4.78, 5) is 43.2. The summed E-state index contributed by atoms with van der Waals surface area (Å²) in [6, 6.07) is 20.0. The molecule has 0 unspecified atom stereocenters. The van der Waals surface area contributed by atoms with E-state index in [4.69, 9.17) is 0 Å². The minimum Gasteiger partial charge on any atom is -0.267 e. The lowest BCUT2D eigenvalue weighted by Gasteiger charge is -2.13. The van der Waals surface area contributed by atoms with E-state index < -0.39 is 11.8 Å². The Morgan fingerprint density at radius 1 is 0.853 bits per heavy atom. The van der Waals surface area contributed by atoms with Crippen LogP contribution in [0.3, 0.4) is 0 Å². The summed E-state index contributed by atoms with van der Waals surface area (Å²) in [7, 11) is 0. The summed E-state index contributed by atoms with van der Waals surface area (Å²) in [5, 5.41) is 7.79. The summed E-state index contributed by atoms with van der Waals surface area (Å²) in [6.45, 7) is 2.30. The number of rotatable bonds is 4. The third-order valence-electron chi connectivity index (χ3n) is 5.67. The Kier molecular flexibility index (Phi) is 5.47. The van der Waals surface area contributed by atoms with Gasteiger partial charge in [-0.3, -0.25) is 30.2 Å². The number of hydrogen-bond donors (Lipinski definition) is 2. The average molecular weight is 451 g/mol. The lowest BCUT2D eigenvalue weighted by molar-refractivity contribution is 0.0844. The van der Waals surface area contributed by atoms with Crippen LogP contribution in [0, 0.1) is 0 Å². The molecular formula is C26H21N5O3. The molecule has 0 saturated carbocycles. The number of nitrogens with one attached hydrogen (secondary N) is 2. The van der Waals surface area contributed by atoms with Crippen LogP contribution in [0.25, 0.3) is 32.4 Å². The molecule has 0 saturated heterocycles. The number of pyridine rings is 1. The van der Waals surface area contributed by atoms with Gasteiger partial charge in [0.05, 0.1) is 16.5 Å². The first-order chi connectivity index (χ1) is 16.6. The summed E-state index contributed by atoms with van der Waals surface area (Å²) in [5.41, 5.74) is 5.60. The number of carbonyl (C=O) groups is 2. The third-order valence-corrected chi connectivity index (χ3v) is 5.67. The second kappa shape index (κ2) is 8.74. The highest BCUT2D eigenvalue weighted by atomic mass is 16.2. The highest BCUT2D eigenvalue weighted by Crippen LogP contribution is 2.27. The largest absolute Gasteiger partial charge is 0.290 e. The normalized spacial score (nSPS) is 11.1. The van der Waals surface area contributed by atoms with Gasteiger partial charge in [0, 0.05) is 23.5 Å². The fourth-order valence-corrected chi connectivity index (χ4v) is 4.11. The standard InChI is InChI=1S/C26H21N5O3/c1-2-14-31-26(34)20-11-6-5-10-19(20)23(30-31)25(33)29-28-24(32)21-15-16-8-3-4-9-17(16)18-12-7-13-27-22(18)21/h3-13,15H,2,14H2,1H3,(H,28,32)(H,29,33). The molecule has 0 radical (unpaired) electrons. The van der Waals surface area contributed by atoms with Crippen molar-refractivity contribution in [3.05, 3.63) is 94.5 Å². The highest BCUT2D eigenvalue weighted by Gasteiger charge is 2.19. The Balaban J connectivity index is 1.48. The summed E-state index contributed by atoms with van der Waals surface area (Å²) in [6.07, 6.45) is 2.31. The first-order valence-corrected chi connectivity index (χ1v) is 11.0. The molecule has 5 rings (SSSR count). The van der Waals surface area contributed by atoms with Gasteiger partial charge in [-0.25, -0.2) is 4.68 Å². The summed E-state index contributed by atoms with van der Waals surface area (Å²) < 4.78 is 1.28. The molecule has 0 spiro atoms. The maximum Gasteiger partial charge on any atom is 0.290 e. The molecular weight excluding hydrogens is 430 g/mol. The third kappa shape index (κ3) is 3.65. The van der Waals surface area contributed by atoms with Gasteiger partial charge in [0.15, 0.2) is 5.69 Å². The Hall–Kier alpha value is -4.59. The SMILES string of the molecule is CCCn1nc(C(=O)NNC(=O)c2cc3ccccc3c3cccnc23)c2ccccc2c1=O. The number of carbonyl (C=O) groups excluding carboxylic acids is 2. The molecule has 0 aliphatic heterocycles. The van der Waals surface area contributed by atoms with E-state index in [1.54, 1.807) is 36.5 Å². The molecule has 0 bridgehead atoms. The number of aryl methyl sites for hydroxylation is 1. The predicted molar refractivity (Wildman–Crippen MR) is 130 cm³/mol. The number of amides is 2. The van der Waals surface area contributed by atoms with Crippen molar-refractivity contribution < 1.29 is 9.59 Å². The van der Waals surface area contributed by atoms with E-state index >= 15 is 0 Å². The molecule has 2 aromatic heterocycles. The lowest BCUT2D eigenvalue weighted by Crippen LogP contribution is -2.43. The minimum atomic E-state index is -0.618. The van der Waals surface area contributed by atoms with E-state index in [1.165, 1.54) is 4.68 Å². The molecule has 0 aliphatic carbocycles. The highest BCUT2D eigenvalue weighted by molar-refractivity contribution is 6.16. The first-order valence-electron chi connectivity index (χ1n) is 11.0. The molecule has 8 nitrogen and oxygen atoms in total. The van der Waals surface area contributed by atoms with Gasteiger partial charge in [-0.1, -0.05) is 55.5 Å². The van der Waals surface area contributed by atoms with Gasteiger partial charge < -0.3 is 0 Å². The zero-order valence-electron chi connectivity index (χ0n) is 18.4. The van der Waals surface area contributed by atoms with Crippen molar-refractivity contribution in [1.29, 1.82) is 0 Å². The fraction of sp³-hybridized carbons (Fsp3) is 0.115. The number of aromatic nitrogens is 3. The number of benzene rings is 3. The summed E-state index contributed by atoms with van der Waals surface area (Å²) in [5.74, 6) is -1.12. The van der Waals surface area contributed by atoms with Crippen molar-refractivity contribution in [1.82, 2.24) is 25.6 Å². The zero-order valence-corrected chi connectivity index (χ0v) is 18.4. The van der Waals surface area contributed by atoms with E-state index in [0.717, 1.165) is 16.2 Å². The zero-order chi connectivity index (χ0) is 23.7. The van der Waals surface area contributed by atoms with Gasteiger partial charge in [-0.15, -0.1) is 0 Å². The molecule has 5 aromatic rings. The molecule has 34 heavy (non-hydrogen) atoms. The van der Waals surface area contributed by atoms with Crippen molar-refractivity contribution in [3.63, 3.8) is 0 Å². The van der Waals surface area contributed by atoms with Gasteiger partial charge in [-0.05, 0) is 35.4 Å². The van der Waals surface area contributed by atoms with E-state index in [1.807, 2.05) is 43.3 Å². The molecule has 2 amide bonds. The predicted octanol–water partition coefficient (Wildman–Crippen LogP) is 3.58. The van der Waals surface area contributed by atoms with Crippen LogP contribution in [0.1, 0.15) is 34.2 Å². The fourth-order valence-electron chi connectivity index (χ4n) is 4.11. The Bertz CT molecular complexity index is 1640. The quantitative estimate of drug-likeness (QED) is 0.321. The monoisotopic (exact) mass is 451 g/mol. The van der Waals surface area contributed by atoms with Gasteiger partial charge in [0.1, 0.15) is 0 Å². The second-order valence-corrected chi connectivity index (χ2v) is 7.88. The maximum atomic E-state index is 13.1. The number of fused-ring (bicyclic) bond motifs is 4. The second-order valence-electron chi connectivity index (χ2n) is 7.88. The number of hydrazine groups is 1. The molecule has 0 aliphatic rings. The van der Waals surface area contributed by atoms with Gasteiger partial charge in [0.2, 0.25) is 0 Å². The van der Waals surface area contributed by atoms with Crippen LogP contribution in [0.2, 0.25) is 0 Å². The van der Waals surface area contributed by atoms with Crippen LogP contribution in [0.15, 0.2) is 77.7 Å². The van der Waals surface area contributed by atoms with Gasteiger partial charge >= 0.3 is 0 Å². The molecule has 8 heteroatoms. The average Bonchev–Trinajstić information content (AvgIpc) is 2.88. The van der Waals surface area contributed by atoms with Crippen molar-refractivity contribution in [3.8, 4) is 0 Å². The Labute approximate surface area is 194 Å². The molecule has 2 N–H and O–H groups in total. The van der Waals surface area contributed by atoms with Crippen LogP contribution in [-0.4, -0.2) is 26.6 Å². The van der Waals surface area contributed by atoms with Crippen molar-refractivity contribution >= 4 is 44.3 Å². The van der Waals surface area contributed by atoms with E-state index in [9.17, 15) is 14.4 Å². The van der Waals surface area contributed by atoms with Gasteiger partial charge in [-0.2, -0.15) is 5.10 Å². The van der Waals surface area contributed by atoms with E-state index in [0.29, 0.717) is 34.8 Å². The Morgan fingerprint density at radius 2 is 1.53 bits per heavy atom. The van der Waals surface area contributed by atoms with E-state index in [2.05, 4.69) is 20.9 Å². The van der Waals surface area contributed by atoms with E-state index in [-0.39, 0.29) is 11.3 Å². The molecule has 0 atom stereocenters. The topological polar surface area (TPSA) is 106 Å². The van der Waals surface area contributed by atoms with Crippen LogP contribution in [-0.2, 0) is 6.54 Å². The number of hydrogen-bond acceptors (Lipinski definition) is 5. The van der Waals surface area contributed by atoms with Crippen LogP contribution < -0.4 is 16.4 Å². The van der Waals surface area contributed by atoms with Crippen molar-refractivity contribution in [2.45, 2.75) is 19.9 Å². The lowest BCUT2D eigenvalue weighted by atomic mass is 10.0. The molecule has 0 fully saturated rings. The van der Waals surface area contributed by atoms with Crippen LogP contribution in [0.5, 0.6) is 0 Å². The van der Waals surface area contributed by atoms with Crippen molar-refractivity contribution in [2.75, 3.05) is 0 Å². The minimum absolute atomic E-state index is 0.0606. The molecule has 2 heterocycles. The molecule has 3 aromatic carbocycles. The first kappa shape index (κ1) is 21.3.